The Balaban J connectivity index is 2.70. The Labute approximate surface area is 108 Å². The highest BCUT2D eigenvalue weighted by Gasteiger charge is 2.30. The minimum absolute atomic E-state index is 0.256. The van der Waals surface area contributed by atoms with E-state index in [1.54, 1.807) is 20.0 Å². The zero-order valence-corrected chi connectivity index (χ0v) is 11.3. The summed E-state index contributed by atoms with van der Waals surface area (Å²) < 4.78 is 0. The number of hydrogen-bond acceptors (Lipinski definition) is 3. The molecule has 0 saturated carbocycles. The SMILES string of the molecule is CC(C)(C#N)C(=O)NCC(C)(C)c1ccccn1. The number of nitrogens with one attached hydrogen (secondary N) is 1. The minimum atomic E-state index is -1.000. The summed E-state index contributed by atoms with van der Waals surface area (Å²) in [6.07, 6.45) is 1.73. The van der Waals surface area contributed by atoms with Gasteiger partial charge in [-0.05, 0) is 26.0 Å². The van der Waals surface area contributed by atoms with E-state index in [1.807, 2.05) is 38.1 Å². The molecule has 1 N–H and O–H groups in total. The molecule has 0 bridgehead atoms. The van der Waals surface area contributed by atoms with E-state index in [-0.39, 0.29) is 11.3 Å². The number of nitrogens with zero attached hydrogens (tertiary/aromatic N) is 2. The fourth-order valence-corrected chi connectivity index (χ4v) is 1.43. The molecule has 1 aromatic rings. The lowest BCUT2D eigenvalue weighted by Gasteiger charge is -2.26. The largest absolute Gasteiger partial charge is 0.354 e. The van der Waals surface area contributed by atoms with Crippen molar-refractivity contribution in [1.29, 1.82) is 5.26 Å². The second kappa shape index (κ2) is 5.18. The quantitative estimate of drug-likeness (QED) is 0.882. The highest BCUT2D eigenvalue weighted by atomic mass is 16.2. The van der Waals surface area contributed by atoms with Crippen molar-refractivity contribution in [3.8, 4) is 6.07 Å². The van der Waals surface area contributed by atoms with Crippen molar-refractivity contribution < 1.29 is 4.79 Å². The lowest BCUT2D eigenvalue weighted by atomic mass is 9.87. The van der Waals surface area contributed by atoms with Gasteiger partial charge in [-0.25, -0.2) is 0 Å². The van der Waals surface area contributed by atoms with Crippen LogP contribution in [0.1, 0.15) is 33.4 Å². The Bertz CT molecular complexity index is 458. The van der Waals surface area contributed by atoms with E-state index in [9.17, 15) is 4.79 Å². The zero-order chi connectivity index (χ0) is 13.8. The van der Waals surface area contributed by atoms with Gasteiger partial charge in [0.15, 0.2) is 0 Å². The van der Waals surface area contributed by atoms with E-state index < -0.39 is 5.41 Å². The monoisotopic (exact) mass is 245 g/mol. The predicted molar refractivity (Wildman–Crippen MR) is 69.7 cm³/mol. The normalized spacial score (nSPS) is 11.7. The van der Waals surface area contributed by atoms with Crippen molar-refractivity contribution in [3.05, 3.63) is 30.1 Å². The van der Waals surface area contributed by atoms with Gasteiger partial charge in [0.25, 0.3) is 0 Å². The number of hydrogen-bond donors (Lipinski definition) is 1. The fraction of sp³-hybridized carbons (Fsp3) is 0.500. The molecule has 96 valence electrons. The summed E-state index contributed by atoms with van der Waals surface area (Å²) in [6, 6.07) is 7.70. The Kier molecular flexibility index (Phi) is 4.07. The topological polar surface area (TPSA) is 65.8 Å². The summed E-state index contributed by atoms with van der Waals surface area (Å²) in [5, 5.41) is 11.7. The summed E-state index contributed by atoms with van der Waals surface area (Å²) in [6.45, 7) is 7.68. The summed E-state index contributed by atoms with van der Waals surface area (Å²) in [5.74, 6) is -0.256. The van der Waals surface area contributed by atoms with Crippen LogP contribution < -0.4 is 5.32 Å². The van der Waals surface area contributed by atoms with Crippen LogP contribution >= 0.6 is 0 Å². The number of amides is 1. The first-order chi connectivity index (χ1) is 8.29. The average molecular weight is 245 g/mol. The van der Waals surface area contributed by atoms with Crippen LogP contribution in [-0.2, 0) is 10.2 Å². The summed E-state index contributed by atoms with van der Waals surface area (Å²) >= 11 is 0. The van der Waals surface area contributed by atoms with Crippen LogP contribution in [-0.4, -0.2) is 17.4 Å². The Hall–Kier alpha value is -1.89. The van der Waals surface area contributed by atoms with Gasteiger partial charge in [-0.15, -0.1) is 0 Å². The van der Waals surface area contributed by atoms with Crippen molar-refractivity contribution in [1.82, 2.24) is 10.3 Å². The molecule has 18 heavy (non-hydrogen) atoms. The van der Waals surface area contributed by atoms with Gasteiger partial charge in [0, 0.05) is 23.9 Å². The molecule has 0 aliphatic heterocycles. The molecule has 1 heterocycles. The summed E-state index contributed by atoms with van der Waals surface area (Å²) in [7, 11) is 0. The van der Waals surface area contributed by atoms with E-state index in [2.05, 4.69) is 10.3 Å². The molecule has 1 aromatic heterocycles. The smallest absolute Gasteiger partial charge is 0.239 e. The first-order valence-electron chi connectivity index (χ1n) is 5.91. The summed E-state index contributed by atoms with van der Waals surface area (Å²) in [5.41, 5.74) is -0.345. The van der Waals surface area contributed by atoms with E-state index >= 15 is 0 Å². The third-order valence-electron chi connectivity index (χ3n) is 2.90. The van der Waals surface area contributed by atoms with Crippen LogP contribution in [0, 0.1) is 16.7 Å². The van der Waals surface area contributed by atoms with E-state index in [0.717, 1.165) is 5.69 Å². The van der Waals surface area contributed by atoms with Crippen LogP contribution in [0.2, 0.25) is 0 Å². The van der Waals surface area contributed by atoms with Gasteiger partial charge in [0.1, 0.15) is 5.41 Å². The third-order valence-corrected chi connectivity index (χ3v) is 2.90. The Morgan fingerprint density at radius 1 is 1.39 bits per heavy atom. The predicted octanol–water partition coefficient (Wildman–Crippen LogP) is 2.03. The van der Waals surface area contributed by atoms with Crippen molar-refractivity contribution in [3.63, 3.8) is 0 Å². The van der Waals surface area contributed by atoms with Gasteiger partial charge in [0.2, 0.25) is 5.91 Å². The van der Waals surface area contributed by atoms with Crippen LogP contribution in [0.15, 0.2) is 24.4 Å². The summed E-state index contributed by atoms with van der Waals surface area (Å²) in [4.78, 5) is 16.1. The van der Waals surface area contributed by atoms with Gasteiger partial charge < -0.3 is 5.32 Å². The zero-order valence-electron chi connectivity index (χ0n) is 11.3. The van der Waals surface area contributed by atoms with Gasteiger partial charge in [0.05, 0.1) is 6.07 Å². The highest BCUT2D eigenvalue weighted by molar-refractivity contribution is 5.84. The lowest BCUT2D eigenvalue weighted by Crippen LogP contribution is -2.42. The molecule has 1 amide bonds. The second-order valence-electron chi connectivity index (χ2n) is 5.52. The lowest BCUT2D eigenvalue weighted by molar-refractivity contribution is -0.127. The molecule has 0 fully saturated rings. The van der Waals surface area contributed by atoms with Crippen LogP contribution in [0.5, 0.6) is 0 Å². The molecule has 0 unspecified atom stereocenters. The van der Waals surface area contributed by atoms with Crippen LogP contribution in [0.25, 0.3) is 0 Å². The number of carbonyl (C=O) groups excluding carboxylic acids is 1. The molecular weight excluding hydrogens is 226 g/mol. The van der Waals surface area contributed by atoms with E-state index in [0.29, 0.717) is 6.54 Å². The standard InChI is InChI=1S/C14H19N3O/c1-13(2,9-15)12(18)17-10-14(3,4)11-7-5-6-8-16-11/h5-8H,10H2,1-4H3,(H,17,18). The number of rotatable bonds is 4. The van der Waals surface area contributed by atoms with Gasteiger partial charge in [-0.2, -0.15) is 5.26 Å². The maximum Gasteiger partial charge on any atom is 0.239 e. The van der Waals surface area contributed by atoms with Gasteiger partial charge >= 0.3 is 0 Å². The first-order valence-corrected chi connectivity index (χ1v) is 5.91. The van der Waals surface area contributed by atoms with Crippen molar-refractivity contribution in [2.24, 2.45) is 5.41 Å². The molecule has 0 atom stereocenters. The molecule has 4 heteroatoms. The third kappa shape index (κ3) is 3.30. The van der Waals surface area contributed by atoms with Crippen molar-refractivity contribution in [2.45, 2.75) is 33.1 Å². The number of aromatic nitrogens is 1. The Morgan fingerprint density at radius 2 is 2.06 bits per heavy atom. The molecule has 1 rings (SSSR count). The number of pyridine rings is 1. The fourth-order valence-electron chi connectivity index (χ4n) is 1.43. The average Bonchev–Trinajstić information content (AvgIpc) is 2.37. The molecule has 4 nitrogen and oxygen atoms in total. The molecule has 0 aliphatic carbocycles. The van der Waals surface area contributed by atoms with Gasteiger partial charge in [-0.1, -0.05) is 19.9 Å². The van der Waals surface area contributed by atoms with Gasteiger partial charge in [-0.3, -0.25) is 9.78 Å². The maximum atomic E-state index is 11.8. The second-order valence-corrected chi connectivity index (χ2v) is 5.52. The Morgan fingerprint density at radius 3 is 2.56 bits per heavy atom. The van der Waals surface area contributed by atoms with E-state index in [1.165, 1.54) is 0 Å². The van der Waals surface area contributed by atoms with Crippen LogP contribution in [0.4, 0.5) is 0 Å². The molecular formula is C14H19N3O. The first kappa shape index (κ1) is 14.2. The molecule has 0 spiro atoms. The molecule has 0 aliphatic rings. The molecule has 0 radical (unpaired) electrons. The van der Waals surface area contributed by atoms with Crippen molar-refractivity contribution >= 4 is 5.91 Å². The van der Waals surface area contributed by atoms with Crippen molar-refractivity contribution in [2.75, 3.05) is 6.54 Å². The van der Waals surface area contributed by atoms with E-state index in [4.69, 9.17) is 5.26 Å². The maximum absolute atomic E-state index is 11.8. The minimum Gasteiger partial charge on any atom is -0.354 e. The highest BCUT2D eigenvalue weighted by Crippen LogP contribution is 2.20. The molecule has 0 aromatic carbocycles. The van der Waals surface area contributed by atoms with Crippen LogP contribution in [0.3, 0.4) is 0 Å². The molecule has 0 saturated heterocycles. The number of nitriles is 1. The number of carbonyl (C=O) groups is 1.